The summed E-state index contributed by atoms with van der Waals surface area (Å²) in [4.78, 5) is 14.6. The third-order valence-corrected chi connectivity index (χ3v) is 6.05. The fourth-order valence-electron chi connectivity index (χ4n) is 3.86. The van der Waals surface area contributed by atoms with Crippen LogP contribution in [0.1, 0.15) is 43.4 Å². The number of H-pyrrole nitrogens is 1. The SMILES string of the molecule is CCC(C(=O)O)[C@H]1CCCc2c1[nH]c1c(S(C)(=O)=O)cc(F)cc21. The van der Waals surface area contributed by atoms with Crippen molar-refractivity contribution in [1.82, 2.24) is 4.98 Å². The summed E-state index contributed by atoms with van der Waals surface area (Å²) in [5.74, 6) is -2.21. The lowest BCUT2D eigenvalue weighted by Gasteiger charge is -2.27. The van der Waals surface area contributed by atoms with Crippen LogP contribution in [0.15, 0.2) is 17.0 Å². The van der Waals surface area contributed by atoms with Crippen molar-refractivity contribution in [3.63, 3.8) is 0 Å². The topological polar surface area (TPSA) is 87.2 Å². The molecule has 7 heteroatoms. The largest absolute Gasteiger partial charge is 0.481 e. The van der Waals surface area contributed by atoms with E-state index >= 15 is 0 Å². The van der Waals surface area contributed by atoms with Crippen molar-refractivity contribution in [1.29, 1.82) is 0 Å². The summed E-state index contributed by atoms with van der Waals surface area (Å²) in [6.07, 6.45) is 3.75. The third-order valence-electron chi connectivity index (χ3n) is 4.93. The number of aliphatic carboxylic acids is 1. The van der Waals surface area contributed by atoms with Gasteiger partial charge in [-0.15, -0.1) is 0 Å². The van der Waals surface area contributed by atoms with Gasteiger partial charge in [-0.2, -0.15) is 0 Å². The summed E-state index contributed by atoms with van der Waals surface area (Å²) in [6.45, 7) is 1.83. The summed E-state index contributed by atoms with van der Waals surface area (Å²) < 4.78 is 38.0. The van der Waals surface area contributed by atoms with Crippen LogP contribution in [0.25, 0.3) is 10.9 Å². The number of hydrogen-bond donors (Lipinski definition) is 2. The van der Waals surface area contributed by atoms with Crippen molar-refractivity contribution in [3.8, 4) is 0 Å². The second-order valence-corrected chi connectivity index (χ2v) is 8.45. The molecule has 0 aliphatic heterocycles. The molecule has 1 aromatic heterocycles. The Hall–Kier alpha value is -1.89. The Kier molecular flexibility index (Phi) is 4.15. The summed E-state index contributed by atoms with van der Waals surface area (Å²) in [5.41, 5.74) is 1.99. The third kappa shape index (κ3) is 2.70. The predicted octanol–water partition coefficient (Wildman–Crippen LogP) is 3.24. The highest BCUT2D eigenvalue weighted by atomic mass is 32.2. The summed E-state index contributed by atoms with van der Waals surface area (Å²) >= 11 is 0. The van der Waals surface area contributed by atoms with Crippen LogP contribution >= 0.6 is 0 Å². The fourth-order valence-corrected chi connectivity index (χ4v) is 4.72. The van der Waals surface area contributed by atoms with Crippen molar-refractivity contribution in [2.75, 3.05) is 6.26 Å². The Bertz CT molecular complexity index is 916. The van der Waals surface area contributed by atoms with Gasteiger partial charge < -0.3 is 10.1 Å². The van der Waals surface area contributed by atoms with Crippen molar-refractivity contribution in [3.05, 3.63) is 29.2 Å². The Balaban J connectivity index is 2.28. The zero-order valence-electron chi connectivity index (χ0n) is 13.6. The number of benzene rings is 1. The first-order valence-corrected chi connectivity index (χ1v) is 9.90. The number of halogens is 1. The Morgan fingerprint density at radius 2 is 2.17 bits per heavy atom. The van der Waals surface area contributed by atoms with Crippen LogP contribution in [0.5, 0.6) is 0 Å². The van der Waals surface area contributed by atoms with E-state index in [1.807, 2.05) is 6.92 Å². The number of carboxylic acids is 1. The highest BCUT2D eigenvalue weighted by molar-refractivity contribution is 7.91. The quantitative estimate of drug-likeness (QED) is 0.883. The van der Waals surface area contributed by atoms with E-state index in [1.165, 1.54) is 6.07 Å². The average molecular weight is 353 g/mol. The number of aromatic amines is 1. The molecule has 1 heterocycles. The fraction of sp³-hybridized carbons (Fsp3) is 0.471. The van der Waals surface area contributed by atoms with Gasteiger partial charge in [0.2, 0.25) is 0 Å². The number of hydrogen-bond acceptors (Lipinski definition) is 3. The smallest absolute Gasteiger partial charge is 0.307 e. The Labute approximate surface area is 139 Å². The van der Waals surface area contributed by atoms with Crippen molar-refractivity contribution in [2.24, 2.45) is 5.92 Å². The van der Waals surface area contributed by atoms with Gasteiger partial charge >= 0.3 is 5.97 Å². The molecule has 5 nitrogen and oxygen atoms in total. The van der Waals surface area contributed by atoms with E-state index in [9.17, 15) is 22.7 Å². The zero-order chi connectivity index (χ0) is 17.6. The molecule has 2 atom stereocenters. The number of nitrogens with one attached hydrogen (secondary N) is 1. The second kappa shape index (κ2) is 5.88. The maximum Gasteiger partial charge on any atom is 0.307 e. The number of rotatable bonds is 4. The number of aryl methyl sites for hydroxylation is 1. The minimum atomic E-state index is -3.60. The maximum atomic E-state index is 14.0. The monoisotopic (exact) mass is 353 g/mol. The van der Waals surface area contributed by atoms with Crippen LogP contribution < -0.4 is 0 Å². The molecule has 0 radical (unpaired) electrons. The molecule has 1 unspecified atom stereocenters. The van der Waals surface area contributed by atoms with Crippen LogP contribution in [0.3, 0.4) is 0 Å². The van der Waals surface area contributed by atoms with Crippen LogP contribution in [-0.4, -0.2) is 30.7 Å². The molecular weight excluding hydrogens is 333 g/mol. The summed E-state index contributed by atoms with van der Waals surface area (Å²) in [5, 5.41) is 10.0. The summed E-state index contributed by atoms with van der Waals surface area (Å²) in [6, 6.07) is 2.35. The van der Waals surface area contributed by atoms with E-state index in [0.29, 0.717) is 23.7 Å². The van der Waals surface area contributed by atoms with Gasteiger partial charge in [-0.3, -0.25) is 4.79 Å². The lowest BCUT2D eigenvalue weighted by molar-refractivity contribution is -0.142. The number of aromatic nitrogens is 1. The molecule has 130 valence electrons. The number of sulfone groups is 1. The van der Waals surface area contributed by atoms with Crippen molar-refractivity contribution >= 4 is 26.7 Å². The van der Waals surface area contributed by atoms with Gasteiger partial charge in [0.1, 0.15) is 5.82 Å². The molecule has 0 amide bonds. The van der Waals surface area contributed by atoms with Crippen LogP contribution in [0.2, 0.25) is 0 Å². The molecule has 2 N–H and O–H groups in total. The molecule has 0 saturated heterocycles. The molecule has 24 heavy (non-hydrogen) atoms. The number of fused-ring (bicyclic) bond motifs is 3. The lowest BCUT2D eigenvalue weighted by Crippen LogP contribution is -2.24. The first-order valence-electron chi connectivity index (χ1n) is 8.00. The zero-order valence-corrected chi connectivity index (χ0v) is 14.4. The Morgan fingerprint density at radius 1 is 1.46 bits per heavy atom. The average Bonchev–Trinajstić information content (AvgIpc) is 2.85. The highest BCUT2D eigenvalue weighted by Gasteiger charge is 2.34. The molecule has 3 rings (SSSR count). The molecule has 1 aliphatic carbocycles. The molecule has 0 spiro atoms. The van der Waals surface area contributed by atoms with Crippen molar-refractivity contribution < 1.29 is 22.7 Å². The molecule has 0 bridgehead atoms. The van der Waals surface area contributed by atoms with E-state index in [0.717, 1.165) is 36.4 Å². The molecular formula is C17H20FNO4S. The predicted molar refractivity (Wildman–Crippen MR) is 88.5 cm³/mol. The highest BCUT2D eigenvalue weighted by Crippen LogP contribution is 2.42. The van der Waals surface area contributed by atoms with Gasteiger partial charge in [0.15, 0.2) is 9.84 Å². The van der Waals surface area contributed by atoms with Gasteiger partial charge in [-0.05, 0) is 43.4 Å². The van der Waals surface area contributed by atoms with Crippen LogP contribution in [-0.2, 0) is 21.1 Å². The van der Waals surface area contributed by atoms with E-state index in [1.54, 1.807) is 0 Å². The van der Waals surface area contributed by atoms with E-state index in [2.05, 4.69) is 4.98 Å². The van der Waals surface area contributed by atoms with Gasteiger partial charge in [0.25, 0.3) is 0 Å². The van der Waals surface area contributed by atoms with E-state index in [4.69, 9.17) is 0 Å². The minimum absolute atomic E-state index is 0.0750. The maximum absolute atomic E-state index is 14.0. The van der Waals surface area contributed by atoms with Gasteiger partial charge in [0.05, 0.1) is 16.3 Å². The van der Waals surface area contributed by atoms with Gasteiger partial charge in [0, 0.05) is 23.3 Å². The minimum Gasteiger partial charge on any atom is -0.481 e. The molecule has 0 saturated carbocycles. The first-order chi connectivity index (χ1) is 11.2. The first kappa shape index (κ1) is 17.0. The standard InChI is InChI=1S/C17H20FNO4S/c1-3-10(17(20)21)11-5-4-6-12-13-7-9(18)8-14(24(2,22)23)16(13)19-15(11)12/h7-8,10-11,19H,3-6H2,1-2H3,(H,20,21)/t10?,11-/m1/s1. The van der Waals surface area contributed by atoms with E-state index in [-0.39, 0.29) is 10.8 Å². The lowest BCUT2D eigenvalue weighted by atomic mass is 9.78. The normalized spacial score (nSPS) is 19.2. The second-order valence-electron chi connectivity index (χ2n) is 6.47. The summed E-state index contributed by atoms with van der Waals surface area (Å²) in [7, 11) is -3.60. The van der Waals surface area contributed by atoms with Crippen LogP contribution in [0, 0.1) is 11.7 Å². The molecule has 0 fully saturated rings. The Morgan fingerprint density at radius 3 is 2.75 bits per heavy atom. The van der Waals surface area contributed by atoms with E-state index < -0.39 is 27.5 Å². The molecule has 1 aliphatic rings. The molecule has 1 aromatic carbocycles. The molecule has 2 aromatic rings. The van der Waals surface area contributed by atoms with Crippen LogP contribution in [0.4, 0.5) is 4.39 Å². The van der Waals surface area contributed by atoms with Gasteiger partial charge in [-0.1, -0.05) is 6.92 Å². The number of carboxylic acid groups (broad SMARTS) is 1. The number of carbonyl (C=O) groups is 1. The van der Waals surface area contributed by atoms with Gasteiger partial charge in [-0.25, -0.2) is 12.8 Å². The van der Waals surface area contributed by atoms with Crippen molar-refractivity contribution in [2.45, 2.75) is 43.4 Å².